The molecular formula is C18H20N4O. The van der Waals surface area contributed by atoms with Gasteiger partial charge in [0.05, 0.1) is 5.52 Å². The number of aromatic nitrogens is 3. The minimum atomic E-state index is 0.0118. The van der Waals surface area contributed by atoms with E-state index in [0.717, 1.165) is 40.2 Å². The number of anilines is 1. The molecule has 5 nitrogen and oxygen atoms in total. The fraction of sp³-hybridized carbons (Fsp3) is 0.278. The molecule has 0 aliphatic heterocycles. The Kier molecular flexibility index (Phi) is 4.10. The Morgan fingerprint density at radius 2 is 1.96 bits per heavy atom. The summed E-state index contributed by atoms with van der Waals surface area (Å²) in [5.74, 6) is 1.56. The highest BCUT2D eigenvalue weighted by Crippen LogP contribution is 2.13. The largest absolute Gasteiger partial charge is 0.366 e. The highest BCUT2D eigenvalue weighted by Gasteiger charge is 2.07. The molecule has 2 aromatic heterocycles. The lowest BCUT2D eigenvalue weighted by molar-refractivity contribution is 0.872. The van der Waals surface area contributed by atoms with Crippen molar-refractivity contribution in [2.24, 2.45) is 7.05 Å². The maximum Gasteiger partial charge on any atom is 0.255 e. The molecule has 3 aromatic rings. The van der Waals surface area contributed by atoms with Gasteiger partial charge in [-0.3, -0.25) is 4.79 Å². The molecule has 23 heavy (non-hydrogen) atoms. The minimum absolute atomic E-state index is 0.0118. The molecule has 1 aromatic carbocycles. The van der Waals surface area contributed by atoms with Crippen LogP contribution < -0.4 is 10.9 Å². The predicted molar refractivity (Wildman–Crippen MR) is 92.7 cm³/mol. The van der Waals surface area contributed by atoms with Gasteiger partial charge in [0.1, 0.15) is 11.6 Å². The molecule has 118 valence electrons. The summed E-state index contributed by atoms with van der Waals surface area (Å²) in [7, 11) is 1.80. The number of benzene rings is 1. The van der Waals surface area contributed by atoms with Crippen LogP contribution >= 0.6 is 0 Å². The second-order valence-corrected chi connectivity index (χ2v) is 5.61. The normalized spacial score (nSPS) is 10.9. The fourth-order valence-electron chi connectivity index (χ4n) is 2.68. The molecule has 5 heteroatoms. The molecule has 2 heterocycles. The minimum Gasteiger partial charge on any atom is -0.366 e. The van der Waals surface area contributed by atoms with Gasteiger partial charge < -0.3 is 9.88 Å². The Morgan fingerprint density at radius 3 is 2.74 bits per heavy atom. The van der Waals surface area contributed by atoms with Crippen LogP contribution in [0.1, 0.15) is 24.0 Å². The van der Waals surface area contributed by atoms with Crippen molar-refractivity contribution in [3.05, 3.63) is 63.8 Å². The first-order valence-electron chi connectivity index (χ1n) is 7.74. The van der Waals surface area contributed by atoms with Crippen molar-refractivity contribution < 1.29 is 0 Å². The number of hydrogen-bond acceptors (Lipinski definition) is 4. The van der Waals surface area contributed by atoms with Crippen LogP contribution in [0.4, 0.5) is 5.82 Å². The second-order valence-electron chi connectivity index (χ2n) is 5.61. The third-order valence-electron chi connectivity index (χ3n) is 3.88. The summed E-state index contributed by atoms with van der Waals surface area (Å²) in [6.07, 6.45) is 0.786. The van der Waals surface area contributed by atoms with Crippen LogP contribution in [0.2, 0.25) is 0 Å². The SMILES string of the molecule is CCc1nc(C)cc(NCc2cc3ccccc3n(C)c2=O)n1. The highest BCUT2D eigenvalue weighted by molar-refractivity contribution is 5.79. The van der Waals surface area contributed by atoms with E-state index in [1.165, 1.54) is 0 Å². The average molecular weight is 308 g/mol. The van der Waals surface area contributed by atoms with Crippen LogP contribution in [0, 0.1) is 6.92 Å². The Bertz CT molecular complexity index is 915. The van der Waals surface area contributed by atoms with Crippen LogP contribution in [-0.4, -0.2) is 14.5 Å². The van der Waals surface area contributed by atoms with Crippen molar-refractivity contribution >= 4 is 16.7 Å². The van der Waals surface area contributed by atoms with Crippen LogP contribution in [0.5, 0.6) is 0 Å². The Hall–Kier alpha value is -2.69. The van der Waals surface area contributed by atoms with E-state index in [-0.39, 0.29) is 5.56 Å². The number of pyridine rings is 1. The summed E-state index contributed by atoms with van der Waals surface area (Å²) in [5, 5.41) is 4.30. The number of nitrogens with zero attached hydrogens (tertiary/aromatic N) is 3. The first kappa shape index (κ1) is 15.2. The third kappa shape index (κ3) is 3.08. The zero-order valence-corrected chi connectivity index (χ0v) is 13.6. The van der Waals surface area contributed by atoms with Crippen molar-refractivity contribution in [2.45, 2.75) is 26.8 Å². The quantitative estimate of drug-likeness (QED) is 0.805. The van der Waals surface area contributed by atoms with Gasteiger partial charge in [0.25, 0.3) is 5.56 Å². The highest BCUT2D eigenvalue weighted by atomic mass is 16.1. The molecule has 0 fully saturated rings. The lowest BCUT2D eigenvalue weighted by atomic mass is 10.1. The van der Waals surface area contributed by atoms with Crippen LogP contribution in [0.25, 0.3) is 10.9 Å². The predicted octanol–water partition coefficient (Wildman–Crippen LogP) is 2.81. The summed E-state index contributed by atoms with van der Waals surface area (Å²) in [5.41, 5.74) is 2.59. The van der Waals surface area contributed by atoms with Crippen molar-refractivity contribution in [3.63, 3.8) is 0 Å². The zero-order valence-electron chi connectivity index (χ0n) is 13.6. The molecule has 0 aliphatic carbocycles. The maximum atomic E-state index is 12.5. The van der Waals surface area contributed by atoms with Crippen molar-refractivity contribution in [2.75, 3.05) is 5.32 Å². The standard InChI is InChI=1S/C18H20N4O/c1-4-16-20-12(2)9-17(21-16)19-11-14-10-13-7-5-6-8-15(13)22(3)18(14)23/h5-10H,4,11H2,1-3H3,(H,19,20,21). The van der Waals surface area contributed by atoms with E-state index in [1.807, 2.05) is 50.2 Å². The van der Waals surface area contributed by atoms with E-state index in [9.17, 15) is 4.79 Å². The molecule has 0 aliphatic rings. The number of fused-ring (bicyclic) bond motifs is 1. The second kappa shape index (κ2) is 6.20. The van der Waals surface area contributed by atoms with Crippen LogP contribution in [0.3, 0.4) is 0 Å². The summed E-state index contributed by atoms with van der Waals surface area (Å²) in [4.78, 5) is 21.3. The van der Waals surface area contributed by atoms with Crippen LogP contribution in [-0.2, 0) is 20.0 Å². The number of nitrogens with one attached hydrogen (secondary N) is 1. The molecule has 0 saturated carbocycles. The van der Waals surface area contributed by atoms with Gasteiger partial charge in [-0.1, -0.05) is 25.1 Å². The van der Waals surface area contributed by atoms with E-state index in [2.05, 4.69) is 15.3 Å². The van der Waals surface area contributed by atoms with E-state index in [0.29, 0.717) is 6.54 Å². The molecule has 0 radical (unpaired) electrons. The number of rotatable bonds is 4. The Labute approximate surface area is 135 Å². The number of hydrogen-bond donors (Lipinski definition) is 1. The lowest BCUT2D eigenvalue weighted by Gasteiger charge is -2.11. The van der Waals surface area contributed by atoms with Gasteiger partial charge in [-0.2, -0.15) is 0 Å². The van der Waals surface area contributed by atoms with Gasteiger partial charge in [-0.05, 0) is 24.4 Å². The van der Waals surface area contributed by atoms with Crippen molar-refractivity contribution in [1.29, 1.82) is 0 Å². The number of aryl methyl sites for hydroxylation is 3. The molecule has 3 rings (SSSR count). The topological polar surface area (TPSA) is 59.8 Å². The molecule has 0 bridgehead atoms. The Balaban J connectivity index is 1.92. The average Bonchev–Trinajstić information content (AvgIpc) is 2.56. The van der Waals surface area contributed by atoms with Gasteiger partial charge in [-0.25, -0.2) is 9.97 Å². The number of para-hydroxylation sites is 1. The van der Waals surface area contributed by atoms with Gasteiger partial charge in [0.2, 0.25) is 0 Å². The molecule has 0 saturated heterocycles. The third-order valence-corrected chi connectivity index (χ3v) is 3.88. The van der Waals surface area contributed by atoms with Gasteiger partial charge in [0, 0.05) is 37.3 Å². The molecule has 1 N–H and O–H groups in total. The van der Waals surface area contributed by atoms with Gasteiger partial charge in [0.15, 0.2) is 0 Å². The van der Waals surface area contributed by atoms with E-state index < -0.39 is 0 Å². The van der Waals surface area contributed by atoms with E-state index in [1.54, 1.807) is 11.6 Å². The van der Waals surface area contributed by atoms with Crippen molar-refractivity contribution in [3.8, 4) is 0 Å². The van der Waals surface area contributed by atoms with E-state index >= 15 is 0 Å². The zero-order chi connectivity index (χ0) is 16.4. The first-order valence-corrected chi connectivity index (χ1v) is 7.74. The summed E-state index contributed by atoms with van der Waals surface area (Å²) in [6, 6.07) is 11.7. The molecule has 0 spiro atoms. The van der Waals surface area contributed by atoms with Gasteiger partial charge in [-0.15, -0.1) is 0 Å². The summed E-state index contributed by atoms with van der Waals surface area (Å²) in [6.45, 7) is 4.41. The molecule has 0 atom stereocenters. The lowest BCUT2D eigenvalue weighted by Crippen LogP contribution is -2.23. The van der Waals surface area contributed by atoms with E-state index in [4.69, 9.17) is 0 Å². The maximum absolute atomic E-state index is 12.5. The summed E-state index contributed by atoms with van der Waals surface area (Å²) < 4.78 is 1.69. The first-order chi connectivity index (χ1) is 11.1. The fourth-order valence-corrected chi connectivity index (χ4v) is 2.68. The molecular weight excluding hydrogens is 288 g/mol. The Morgan fingerprint density at radius 1 is 1.17 bits per heavy atom. The smallest absolute Gasteiger partial charge is 0.255 e. The van der Waals surface area contributed by atoms with Crippen LogP contribution in [0.15, 0.2) is 41.2 Å². The van der Waals surface area contributed by atoms with Crippen molar-refractivity contribution in [1.82, 2.24) is 14.5 Å². The van der Waals surface area contributed by atoms with Gasteiger partial charge >= 0.3 is 0 Å². The molecule has 0 unspecified atom stereocenters. The summed E-state index contributed by atoms with van der Waals surface area (Å²) >= 11 is 0. The molecule has 0 amide bonds. The monoisotopic (exact) mass is 308 g/mol.